The summed E-state index contributed by atoms with van der Waals surface area (Å²) in [7, 11) is 1.68. The zero-order valence-corrected chi connectivity index (χ0v) is 18.3. The first-order chi connectivity index (χ1) is 14.7. The highest BCUT2D eigenvalue weighted by Gasteiger charge is 2.20. The molecule has 2 heterocycles. The van der Waals surface area contributed by atoms with E-state index in [1.54, 1.807) is 18.4 Å². The Morgan fingerprint density at radius 3 is 2.63 bits per heavy atom. The maximum absolute atomic E-state index is 12.3. The van der Waals surface area contributed by atoms with Gasteiger partial charge in [0.1, 0.15) is 5.75 Å². The van der Waals surface area contributed by atoms with Crippen LogP contribution in [0, 0.1) is 0 Å². The van der Waals surface area contributed by atoms with Crippen LogP contribution in [0.1, 0.15) is 37.1 Å². The van der Waals surface area contributed by atoms with E-state index in [0.717, 1.165) is 56.5 Å². The van der Waals surface area contributed by atoms with E-state index in [1.807, 2.05) is 18.2 Å². The number of carbonyl (C=O) groups is 1. The fourth-order valence-electron chi connectivity index (χ4n) is 3.96. The molecule has 0 spiro atoms. The molecule has 1 aliphatic heterocycles. The Morgan fingerprint density at radius 2 is 1.90 bits per heavy atom. The van der Waals surface area contributed by atoms with E-state index in [4.69, 9.17) is 4.74 Å². The van der Waals surface area contributed by atoms with Gasteiger partial charge >= 0.3 is 0 Å². The Morgan fingerprint density at radius 1 is 1.13 bits per heavy atom. The van der Waals surface area contributed by atoms with Gasteiger partial charge < -0.3 is 15.0 Å². The highest BCUT2D eigenvalue weighted by atomic mass is 32.1. The molecule has 3 aromatic rings. The van der Waals surface area contributed by atoms with Crippen molar-refractivity contribution in [1.29, 1.82) is 0 Å². The van der Waals surface area contributed by atoms with E-state index in [9.17, 15) is 4.79 Å². The van der Waals surface area contributed by atoms with E-state index in [-0.39, 0.29) is 11.9 Å². The van der Waals surface area contributed by atoms with Gasteiger partial charge in [0, 0.05) is 31.2 Å². The van der Waals surface area contributed by atoms with Crippen LogP contribution in [-0.2, 0) is 11.2 Å². The maximum Gasteiger partial charge on any atom is 0.220 e. The fraction of sp³-hybridized carbons (Fsp3) is 0.417. The minimum absolute atomic E-state index is 0.183. The number of carbonyl (C=O) groups excluding carboxylic acids is 1. The number of methoxy groups -OCH3 is 1. The summed E-state index contributed by atoms with van der Waals surface area (Å²) in [6.07, 6.45) is 5.44. The van der Waals surface area contributed by atoms with Gasteiger partial charge in [-0.2, -0.15) is 0 Å². The van der Waals surface area contributed by atoms with Crippen molar-refractivity contribution in [2.75, 3.05) is 25.1 Å². The number of amides is 1. The van der Waals surface area contributed by atoms with Crippen molar-refractivity contribution in [3.8, 4) is 5.75 Å². The summed E-state index contributed by atoms with van der Waals surface area (Å²) in [6.45, 7) is 1.93. The van der Waals surface area contributed by atoms with Gasteiger partial charge in [0.15, 0.2) is 0 Å². The molecule has 0 unspecified atom stereocenters. The molecule has 158 valence electrons. The molecule has 4 rings (SSSR count). The van der Waals surface area contributed by atoms with E-state index in [1.165, 1.54) is 15.4 Å². The topological polar surface area (TPSA) is 54.5 Å². The summed E-state index contributed by atoms with van der Waals surface area (Å²) in [4.78, 5) is 19.4. The third-order valence-electron chi connectivity index (χ3n) is 5.68. The highest BCUT2D eigenvalue weighted by molar-refractivity contribution is 7.18. The molecule has 1 aromatic heterocycles. The Labute approximate surface area is 182 Å². The van der Waals surface area contributed by atoms with Gasteiger partial charge in [0.25, 0.3) is 0 Å². The van der Waals surface area contributed by atoms with Crippen molar-refractivity contribution in [3.05, 3.63) is 53.5 Å². The molecular formula is C24H29N3O2S. The van der Waals surface area contributed by atoms with Crippen LogP contribution in [0.5, 0.6) is 5.75 Å². The normalized spacial score (nSPS) is 14.8. The van der Waals surface area contributed by atoms with Gasteiger partial charge in [0.2, 0.25) is 5.91 Å². The molecule has 1 saturated heterocycles. The minimum atomic E-state index is 0.183. The number of nitrogens with zero attached hydrogens (tertiary/aromatic N) is 2. The number of thiazole rings is 1. The summed E-state index contributed by atoms with van der Waals surface area (Å²) in [5.41, 5.74) is 2.30. The van der Waals surface area contributed by atoms with Crippen LogP contribution in [-0.4, -0.2) is 37.1 Å². The molecule has 5 nitrogen and oxygen atoms in total. The smallest absolute Gasteiger partial charge is 0.220 e. The zero-order chi connectivity index (χ0) is 20.8. The number of hydrogen-bond donors (Lipinski definition) is 1. The molecular weight excluding hydrogens is 394 g/mol. The molecule has 0 bridgehead atoms. The molecule has 6 heteroatoms. The predicted octanol–water partition coefficient (Wildman–Crippen LogP) is 4.80. The highest BCUT2D eigenvalue weighted by Crippen LogP contribution is 2.24. The summed E-state index contributed by atoms with van der Waals surface area (Å²) in [5.74, 6) is 1.06. The summed E-state index contributed by atoms with van der Waals surface area (Å²) in [5, 5.41) is 4.40. The lowest BCUT2D eigenvalue weighted by Gasteiger charge is -2.34. The number of piperidine rings is 1. The van der Waals surface area contributed by atoms with E-state index >= 15 is 0 Å². The lowest BCUT2D eigenvalue weighted by Crippen LogP contribution is -2.44. The Bertz CT molecular complexity index is 929. The molecule has 1 N–H and O–H groups in total. The molecule has 0 aliphatic carbocycles. The molecule has 30 heavy (non-hydrogen) atoms. The SMILES string of the molecule is COc1ccc(N2CCC(NC(=O)CCCCc3nc4ccccc4s3)CC2)cc1. The monoisotopic (exact) mass is 423 g/mol. The number of anilines is 1. The van der Waals surface area contributed by atoms with Crippen molar-refractivity contribution in [1.82, 2.24) is 10.3 Å². The van der Waals surface area contributed by atoms with Crippen LogP contribution in [0.4, 0.5) is 5.69 Å². The van der Waals surface area contributed by atoms with Gasteiger partial charge in [0.05, 0.1) is 22.3 Å². The number of para-hydroxylation sites is 1. The van der Waals surface area contributed by atoms with Crippen LogP contribution in [0.25, 0.3) is 10.2 Å². The van der Waals surface area contributed by atoms with E-state index in [0.29, 0.717) is 6.42 Å². The lowest BCUT2D eigenvalue weighted by atomic mass is 10.0. The molecule has 0 atom stereocenters. The van der Waals surface area contributed by atoms with Crippen LogP contribution in [0.15, 0.2) is 48.5 Å². The van der Waals surface area contributed by atoms with Gasteiger partial charge in [-0.25, -0.2) is 4.98 Å². The zero-order valence-electron chi connectivity index (χ0n) is 17.5. The van der Waals surface area contributed by atoms with Crippen LogP contribution in [0.2, 0.25) is 0 Å². The van der Waals surface area contributed by atoms with Crippen molar-refractivity contribution in [2.24, 2.45) is 0 Å². The average molecular weight is 424 g/mol. The first-order valence-electron chi connectivity index (χ1n) is 10.7. The van der Waals surface area contributed by atoms with Crippen LogP contribution in [0.3, 0.4) is 0 Å². The summed E-state index contributed by atoms with van der Waals surface area (Å²) >= 11 is 1.76. The second-order valence-electron chi connectivity index (χ2n) is 7.81. The number of fused-ring (bicyclic) bond motifs is 1. The van der Waals surface area contributed by atoms with Gasteiger partial charge in [-0.1, -0.05) is 12.1 Å². The molecule has 1 amide bonds. The fourth-order valence-corrected chi connectivity index (χ4v) is 4.97. The standard InChI is InChI=1S/C24H29N3O2S/c1-29-20-12-10-19(11-13-20)27-16-14-18(15-17-27)25-23(28)8-4-5-9-24-26-21-6-2-3-7-22(21)30-24/h2-3,6-7,10-13,18H,4-5,8-9,14-17H2,1H3,(H,25,28). The first-order valence-corrected chi connectivity index (χ1v) is 11.6. The predicted molar refractivity (Wildman–Crippen MR) is 124 cm³/mol. The number of aryl methyl sites for hydroxylation is 1. The first kappa shape index (κ1) is 20.7. The van der Waals surface area contributed by atoms with Gasteiger partial charge in [-0.05, 0) is 68.5 Å². The Kier molecular flexibility index (Phi) is 6.84. The number of rotatable bonds is 8. The molecule has 0 radical (unpaired) electrons. The second kappa shape index (κ2) is 9.94. The van der Waals surface area contributed by atoms with Gasteiger partial charge in [-0.3, -0.25) is 4.79 Å². The average Bonchev–Trinajstić information content (AvgIpc) is 3.20. The lowest BCUT2D eigenvalue weighted by molar-refractivity contribution is -0.122. The van der Waals surface area contributed by atoms with Crippen molar-refractivity contribution >= 4 is 33.1 Å². The number of unbranched alkanes of at least 4 members (excludes halogenated alkanes) is 1. The van der Waals surface area contributed by atoms with Crippen LogP contribution >= 0.6 is 11.3 Å². The number of benzene rings is 2. The Hall–Kier alpha value is -2.60. The Balaban J connectivity index is 1.14. The van der Waals surface area contributed by atoms with E-state index < -0.39 is 0 Å². The van der Waals surface area contributed by atoms with Gasteiger partial charge in [-0.15, -0.1) is 11.3 Å². The third-order valence-corrected chi connectivity index (χ3v) is 6.78. The largest absolute Gasteiger partial charge is 0.497 e. The second-order valence-corrected chi connectivity index (χ2v) is 8.92. The van der Waals surface area contributed by atoms with Crippen molar-refractivity contribution < 1.29 is 9.53 Å². The molecule has 0 saturated carbocycles. The number of aromatic nitrogens is 1. The third kappa shape index (κ3) is 5.30. The quantitative estimate of drug-likeness (QED) is 0.529. The number of hydrogen-bond acceptors (Lipinski definition) is 5. The molecule has 2 aromatic carbocycles. The van der Waals surface area contributed by atoms with E-state index in [2.05, 4.69) is 45.5 Å². The van der Waals surface area contributed by atoms with Crippen LogP contribution < -0.4 is 15.0 Å². The number of nitrogens with one attached hydrogen (secondary N) is 1. The molecule has 1 fully saturated rings. The summed E-state index contributed by atoms with van der Waals surface area (Å²) < 4.78 is 6.47. The summed E-state index contributed by atoms with van der Waals surface area (Å²) in [6, 6.07) is 16.7. The molecule has 1 aliphatic rings. The number of ether oxygens (including phenoxy) is 1. The van der Waals surface area contributed by atoms with Crippen molar-refractivity contribution in [2.45, 2.75) is 44.6 Å². The maximum atomic E-state index is 12.3. The minimum Gasteiger partial charge on any atom is -0.497 e. The van der Waals surface area contributed by atoms with Crippen molar-refractivity contribution in [3.63, 3.8) is 0 Å².